The molecule has 0 amide bonds. The summed E-state index contributed by atoms with van der Waals surface area (Å²) < 4.78 is 2.37. The highest BCUT2D eigenvalue weighted by Crippen LogP contribution is 2.31. The van der Waals surface area contributed by atoms with E-state index in [2.05, 4.69) is 64.9 Å². The van der Waals surface area contributed by atoms with Crippen molar-refractivity contribution in [2.24, 2.45) is 0 Å². The third-order valence-electron chi connectivity index (χ3n) is 5.10. The van der Waals surface area contributed by atoms with Crippen molar-refractivity contribution < 1.29 is 0 Å². The highest BCUT2D eigenvalue weighted by atomic mass is 35.5. The lowest BCUT2D eigenvalue weighted by molar-refractivity contribution is 0.330. The quantitative estimate of drug-likeness (QED) is 0.585. The summed E-state index contributed by atoms with van der Waals surface area (Å²) in [5, 5.41) is 0.774. The predicted octanol–water partition coefficient (Wildman–Crippen LogP) is 5.70. The molecule has 0 atom stereocenters. The average molecular weight is 351 g/mol. The standard InChI is InChI=1S/C22H23ClN2/c1-17-19(16-24-13-5-6-14-24)15-22(18-9-11-20(23)12-10-18)25(17)21-7-3-2-4-8-21/h2-4,7-12,15H,5-6,13-14,16H2,1H3. The zero-order valence-corrected chi connectivity index (χ0v) is 15.3. The van der Waals surface area contributed by atoms with Crippen LogP contribution >= 0.6 is 11.6 Å². The highest BCUT2D eigenvalue weighted by molar-refractivity contribution is 6.30. The van der Waals surface area contributed by atoms with Gasteiger partial charge in [0.1, 0.15) is 0 Å². The van der Waals surface area contributed by atoms with E-state index in [0.717, 1.165) is 11.6 Å². The Morgan fingerprint density at radius 3 is 2.28 bits per heavy atom. The number of para-hydroxylation sites is 1. The van der Waals surface area contributed by atoms with E-state index in [9.17, 15) is 0 Å². The SMILES string of the molecule is Cc1c(CN2CCCC2)cc(-c2ccc(Cl)cc2)n1-c1ccccc1. The Balaban J connectivity index is 1.81. The lowest BCUT2D eigenvalue weighted by atomic mass is 10.1. The molecule has 25 heavy (non-hydrogen) atoms. The summed E-state index contributed by atoms with van der Waals surface area (Å²) in [5.74, 6) is 0. The molecule has 0 saturated carbocycles. The number of hydrogen-bond acceptors (Lipinski definition) is 1. The van der Waals surface area contributed by atoms with Crippen LogP contribution in [0.4, 0.5) is 0 Å². The van der Waals surface area contributed by atoms with Crippen LogP contribution in [0.3, 0.4) is 0 Å². The van der Waals surface area contributed by atoms with Crippen LogP contribution in [0, 0.1) is 6.92 Å². The van der Waals surface area contributed by atoms with E-state index in [1.807, 2.05) is 12.1 Å². The molecule has 0 bridgehead atoms. The van der Waals surface area contributed by atoms with Gasteiger partial charge < -0.3 is 4.57 Å². The van der Waals surface area contributed by atoms with Gasteiger partial charge in [-0.2, -0.15) is 0 Å². The molecule has 1 saturated heterocycles. The van der Waals surface area contributed by atoms with E-state index in [1.165, 1.54) is 54.1 Å². The molecule has 1 aliphatic rings. The van der Waals surface area contributed by atoms with Gasteiger partial charge in [-0.05, 0) is 74.3 Å². The molecule has 4 rings (SSSR count). The van der Waals surface area contributed by atoms with Crippen molar-refractivity contribution in [3.05, 3.63) is 76.9 Å². The zero-order valence-electron chi connectivity index (χ0n) is 14.6. The van der Waals surface area contributed by atoms with Crippen LogP contribution in [0.5, 0.6) is 0 Å². The summed E-state index contributed by atoms with van der Waals surface area (Å²) >= 11 is 6.09. The first kappa shape index (κ1) is 16.4. The lowest BCUT2D eigenvalue weighted by Gasteiger charge is -2.15. The molecule has 128 valence electrons. The monoisotopic (exact) mass is 350 g/mol. The normalized spacial score (nSPS) is 15.0. The van der Waals surface area contributed by atoms with E-state index < -0.39 is 0 Å². The first-order chi connectivity index (χ1) is 12.2. The fraction of sp³-hybridized carbons (Fsp3) is 0.273. The van der Waals surface area contributed by atoms with E-state index in [4.69, 9.17) is 11.6 Å². The smallest absolute Gasteiger partial charge is 0.0534 e. The molecule has 2 nitrogen and oxygen atoms in total. The Kier molecular flexibility index (Phi) is 4.65. The third kappa shape index (κ3) is 3.37. The minimum Gasteiger partial charge on any atom is -0.314 e. The Bertz CT molecular complexity index is 844. The fourth-order valence-electron chi connectivity index (χ4n) is 3.74. The van der Waals surface area contributed by atoms with E-state index in [-0.39, 0.29) is 0 Å². The molecular formula is C22H23ClN2. The minimum absolute atomic E-state index is 0.774. The van der Waals surface area contributed by atoms with Crippen molar-refractivity contribution in [1.29, 1.82) is 0 Å². The molecule has 1 aromatic heterocycles. The Morgan fingerprint density at radius 1 is 0.920 bits per heavy atom. The third-order valence-corrected chi connectivity index (χ3v) is 5.35. The van der Waals surface area contributed by atoms with E-state index >= 15 is 0 Å². The average Bonchev–Trinajstić information content (AvgIpc) is 3.25. The van der Waals surface area contributed by atoms with Crippen molar-refractivity contribution in [2.75, 3.05) is 13.1 Å². The van der Waals surface area contributed by atoms with E-state index in [0.29, 0.717) is 0 Å². The van der Waals surface area contributed by atoms with Crippen LogP contribution in [0.1, 0.15) is 24.1 Å². The van der Waals surface area contributed by atoms with Gasteiger partial charge >= 0.3 is 0 Å². The fourth-order valence-corrected chi connectivity index (χ4v) is 3.87. The van der Waals surface area contributed by atoms with Crippen molar-refractivity contribution in [3.63, 3.8) is 0 Å². The van der Waals surface area contributed by atoms with Crippen LogP contribution in [-0.4, -0.2) is 22.6 Å². The molecule has 2 heterocycles. The lowest BCUT2D eigenvalue weighted by Crippen LogP contribution is -2.18. The Labute approximate surface area is 154 Å². The number of halogens is 1. The van der Waals surface area contributed by atoms with Gasteiger partial charge in [0.05, 0.1) is 5.69 Å². The highest BCUT2D eigenvalue weighted by Gasteiger charge is 2.18. The maximum atomic E-state index is 6.09. The largest absolute Gasteiger partial charge is 0.314 e. The zero-order chi connectivity index (χ0) is 17.2. The van der Waals surface area contributed by atoms with Gasteiger partial charge in [-0.1, -0.05) is 41.9 Å². The maximum absolute atomic E-state index is 6.09. The Hall–Kier alpha value is -2.03. The molecule has 1 fully saturated rings. The number of likely N-dealkylation sites (tertiary alicyclic amines) is 1. The molecule has 2 aromatic carbocycles. The van der Waals surface area contributed by atoms with Gasteiger partial charge in [-0.25, -0.2) is 0 Å². The van der Waals surface area contributed by atoms with E-state index in [1.54, 1.807) is 0 Å². The second-order valence-electron chi connectivity index (χ2n) is 6.80. The van der Waals surface area contributed by atoms with Crippen LogP contribution in [0.2, 0.25) is 5.02 Å². The maximum Gasteiger partial charge on any atom is 0.0534 e. The number of nitrogens with zero attached hydrogens (tertiary/aromatic N) is 2. The number of rotatable bonds is 4. The van der Waals surface area contributed by atoms with Gasteiger partial charge in [0, 0.05) is 22.9 Å². The van der Waals surface area contributed by atoms with Crippen LogP contribution in [-0.2, 0) is 6.54 Å². The van der Waals surface area contributed by atoms with Crippen LogP contribution < -0.4 is 0 Å². The van der Waals surface area contributed by atoms with Gasteiger partial charge in [0.25, 0.3) is 0 Å². The van der Waals surface area contributed by atoms with Crippen molar-refractivity contribution >= 4 is 11.6 Å². The van der Waals surface area contributed by atoms with Crippen molar-refractivity contribution in [2.45, 2.75) is 26.3 Å². The van der Waals surface area contributed by atoms with Gasteiger partial charge in [0.2, 0.25) is 0 Å². The van der Waals surface area contributed by atoms with Crippen LogP contribution in [0.15, 0.2) is 60.7 Å². The summed E-state index contributed by atoms with van der Waals surface area (Å²) in [7, 11) is 0. The number of benzene rings is 2. The van der Waals surface area contributed by atoms with Gasteiger partial charge in [0.15, 0.2) is 0 Å². The molecule has 3 heteroatoms. The molecule has 0 aliphatic carbocycles. The van der Waals surface area contributed by atoms with Crippen molar-refractivity contribution in [3.8, 4) is 16.9 Å². The predicted molar refractivity (Wildman–Crippen MR) is 105 cm³/mol. The molecule has 3 aromatic rings. The second kappa shape index (κ2) is 7.07. The summed E-state index contributed by atoms with van der Waals surface area (Å²) in [6.07, 6.45) is 2.64. The summed E-state index contributed by atoms with van der Waals surface area (Å²) in [6.45, 7) is 5.70. The molecule has 0 radical (unpaired) electrons. The van der Waals surface area contributed by atoms with Gasteiger partial charge in [-0.3, -0.25) is 4.90 Å². The first-order valence-corrected chi connectivity index (χ1v) is 9.35. The second-order valence-corrected chi connectivity index (χ2v) is 7.24. The molecule has 1 aliphatic heterocycles. The minimum atomic E-state index is 0.774. The summed E-state index contributed by atoms with van der Waals surface area (Å²) in [4.78, 5) is 2.56. The summed E-state index contributed by atoms with van der Waals surface area (Å²) in [6, 6.07) is 21.1. The van der Waals surface area contributed by atoms with Gasteiger partial charge in [-0.15, -0.1) is 0 Å². The first-order valence-electron chi connectivity index (χ1n) is 8.97. The molecule has 0 N–H and O–H groups in total. The molecular weight excluding hydrogens is 328 g/mol. The summed E-state index contributed by atoms with van der Waals surface area (Å²) in [5.41, 5.74) is 6.37. The number of hydrogen-bond donors (Lipinski definition) is 0. The van der Waals surface area contributed by atoms with Crippen molar-refractivity contribution in [1.82, 2.24) is 9.47 Å². The molecule has 0 spiro atoms. The Morgan fingerprint density at radius 2 is 1.60 bits per heavy atom. The topological polar surface area (TPSA) is 8.17 Å². The number of aromatic nitrogens is 1. The molecule has 0 unspecified atom stereocenters. The van der Waals surface area contributed by atoms with Crippen LogP contribution in [0.25, 0.3) is 16.9 Å².